The van der Waals surface area contributed by atoms with Gasteiger partial charge in [-0.15, -0.1) is 0 Å². The molecular weight excluding hydrogens is 274 g/mol. The average Bonchev–Trinajstić information content (AvgIpc) is 2.25. The van der Waals surface area contributed by atoms with Crippen molar-refractivity contribution < 1.29 is 14.3 Å². The van der Waals surface area contributed by atoms with Gasteiger partial charge < -0.3 is 10.5 Å². The van der Waals surface area contributed by atoms with E-state index >= 15 is 0 Å². The topological polar surface area (TPSA) is 69.4 Å². The molecule has 0 bridgehead atoms. The summed E-state index contributed by atoms with van der Waals surface area (Å²) < 4.78 is 5.86. The second-order valence-corrected chi connectivity index (χ2v) is 4.13. The Hall–Kier alpha value is -1.36. The predicted molar refractivity (Wildman–Crippen MR) is 62.9 cm³/mol. The molecule has 0 radical (unpaired) electrons. The molecular formula is C11H12BrNO3. The molecule has 5 heteroatoms. The van der Waals surface area contributed by atoms with Gasteiger partial charge in [-0.25, -0.2) is 4.79 Å². The highest BCUT2D eigenvalue weighted by Crippen LogP contribution is 2.11. The molecule has 1 rings (SSSR count). The summed E-state index contributed by atoms with van der Waals surface area (Å²) in [6.07, 6.45) is 0.686. The van der Waals surface area contributed by atoms with Gasteiger partial charge in [-0.2, -0.15) is 0 Å². The van der Waals surface area contributed by atoms with Gasteiger partial charge in [0.25, 0.3) is 0 Å². The first-order valence-corrected chi connectivity index (χ1v) is 5.60. The van der Waals surface area contributed by atoms with Crippen molar-refractivity contribution in [3.63, 3.8) is 0 Å². The number of halogens is 1. The number of hydrogen-bond acceptors (Lipinski definition) is 3. The summed E-state index contributed by atoms with van der Waals surface area (Å²) >= 11 is 3.27. The lowest BCUT2D eigenvalue weighted by atomic mass is 10.2. The molecule has 0 saturated carbocycles. The highest BCUT2D eigenvalue weighted by atomic mass is 79.9. The third-order valence-corrected chi connectivity index (χ3v) is 2.41. The second kappa shape index (κ2) is 6.27. The van der Waals surface area contributed by atoms with Crippen LogP contribution in [0.4, 0.5) is 0 Å². The van der Waals surface area contributed by atoms with Gasteiger partial charge in [0.15, 0.2) is 0 Å². The maximum atomic E-state index is 11.4. The zero-order chi connectivity index (χ0) is 12.0. The molecule has 86 valence electrons. The van der Waals surface area contributed by atoms with Crippen molar-refractivity contribution in [2.75, 3.05) is 6.61 Å². The lowest BCUT2D eigenvalue weighted by Gasteiger charge is -2.03. The quantitative estimate of drug-likeness (QED) is 0.663. The van der Waals surface area contributed by atoms with Crippen LogP contribution in [0.2, 0.25) is 0 Å². The molecule has 0 aliphatic heterocycles. The summed E-state index contributed by atoms with van der Waals surface area (Å²) in [7, 11) is 0. The maximum absolute atomic E-state index is 11.4. The number of nitrogens with two attached hydrogens (primary N) is 1. The van der Waals surface area contributed by atoms with E-state index in [9.17, 15) is 9.59 Å². The van der Waals surface area contributed by atoms with Crippen LogP contribution in [0.3, 0.4) is 0 Å². The maximum Gasteiger partial charge on any atom is 0.338 e. The highest BCUT2D eigenvalue weighted by molar-refractivity contribution is 9.10. The molecule has 1 amide bonds. The minimum Gasteiger partial charge on any atom is -0.462 e. The number of benzene rings is 1. The van der Waals surface area contributed by atoms with E-state index in [0.29, 0.717) is 12.0 Å². The molecule has 0 fully saturated rings. The highest BCUT2D eigenvalue weighted by Gasteiger charge is 2.06. The van der Waals surface area contributed by atoms with Crippen LogP contribution in [0.25, 0.3) is 0 Å². The lowest BCUT2D eigenvalue weighted by Crippen LogP contribution is -2.12. The van der Waals surface area contributed by atoms with Gasteiger partial charge in [-0.05, 0) is 30.7 Å². The van der Waals surface area contributed by atoms with E-state index in [1.165, 1.54) is 0 Å². The van der Waals surface area contributed by atoms with Gasteiger partial charge in [0, 0.05) is 10.9 Å². The summed E-state index contributed by atoms with van der Waals surface area (Å²) in [6.45, 7) is 0.206. The molecule has 0 unspecified atom stereocenters. The number of primary amides is 1. The van der Waals surface area contributed by atoms with Crippen LogP contribution in [0.1, 0.15) is 23.2 Å². The molecule has 1 aromatic rings. The van der Waals surface area contributed by atoms with Crippen LogP contribution < -0.4 is 5.73 Å². The van der Waals surface area contributed by atoms with Crippen molar-refractivity contribution in [1.29, 1.82) is 0 Å². The lowest BCUT2D eigenvalue weighted by molar-refractivity contribution is -0.118. The van der Waals surface area contributed by atoms with Gasteiger partial charge >= 0.3 is 5.97 Å². The molecule has 1 aromatic carbocycles. The Morgan fingerprint density at radius 2 is 1.88 bits per heavy atom. The van der Waals surface area contributed by atoms with Crippen LogP contribution >= 0.6 is 15.9 Å². The van der Waals surface area contributed by atoms with Gasteiger partial charge in [0.2, 0.25) is 5.91 Å². The Balaban J connectivity index is 2.35. The molecule has 0 aliphatic rings. The fraction of sp³-hybridized carbons (Fsp3) is 0.273. The van der Waals surface area contributed by atoms with Gasteiger partial charge in [0.1, 0.15) is 0 Å². The van der Waals surface area contributed by atoms with Gasteiger partial charge in [-0.1, -0.05) is 15.9 Å². The Morgan fingerprint density at radius 1 is 1.25 bits per heavy atom. The Bertz CT molecular complexity index is 375. The van der Waals surface area contributed by atoms with Crippen LogP contribution in [0.5, 0.6) is 0 Å². The average molecular weight is 286 g/mol. The standard InChI is InChI=1S/C11H12BrNO3/c12-9-5-3-8(4-6-9)11(15)16-7-1-2-10(13)14/h3-6H,1-2,7H2,(H2,13,14). The van der Waals surface area contributed by atoms with Gasteiger partial charge in [-0.3, -0.25) is 4.79 Å². The van der Waals surface area contributed by atoms with Crippen molar-refractivity contribution in [2.45, 2.75) is 12.8 Å². The molecule has 2 N–H and O–H groups in total. The smallest absolute Gasteiger partial charge is 0.338 e. The van der Waals surface area contributed by atoms with Crippen molar-refractivity contribution in [3.05, 3.63) is 34.3 Å². The molecule has 0 aromatic heterocycles. The van der Waals surface area contributed by atoms with Crippen molar-refractivity contribution in [2.24, 2.45) is 5.73 Å². The molecule has 0 heterocycles. The van der Waals surface area contributed by atoms with E-state index in [0.717, 1.165) is 4.47 Å². The summed E-state index contributed by atoms with van der Waals surface area (Å²) in [6, 6.07) is 6.86. The van der Waals surface area contributed by atoms with Crippen LogP contribution in [-0.2, 0) is 9.53 Å². The monoisotopic (exact) mass is 285 g/mol. The number of carbonyl (C=O) groups excluding carboxylic acids is 2. The van der Waals surface area contributed by atoms with E-state index < -0.39 is 5.97 Å². The minimum absolute atomic E-state index is 0.206. The Kier molecular flexibility index (Phi) is 4.98. The third kappa shape index (κ3) is 4.44. The van der Waals surface area contributed by atoms with Crippen molar-refractivity contribution in [3.8, 4) is 0 Å². The van der Waals surface area contributed by atoms with Crippen LogP contribution in [0, 0.1) is 0 Å². The molecule has 0 atom stereocenters. The van der Waals surface area contributed by atoms with E-state index in [4.69, 9.17) is 10.5 Å². The molecule has 0 saturated heterocycles. The van der Waals surface area contributed by atoms with Crippen molar-refractivity contribution >= 4 is 27.8 Å². The first-order valence-electron chi connectivity index (χ1n) is 4.80. The second-order valence-electron chi connectivity index (χ2n) is 3.21. The third-order valence-electron chi connectivity index (χ3n) is 1.88. The van der Waals surface area contributed by atoms with Gasteiger partial charge in [0.05, 0.1) is 12.2 Å². The van der Waals surface area contributed by atoms with E-state index in [1.807, 2.05) is 0 Å². The number of hydrogen-bond donors (Lipinski definition) is 1. The first kappa shape index (κ1) is 12.7. The number of carbonyl (C=O) groups is 2. The largest absolute Gasteiger partial charge is 0.462 e. The normalized spacial score (nSPS) is 9.81. The molecule has 4 nitrogen and oxygen atoms in total. The zero-order valence-corrected chi connectivity index (χ0v) is 10.2. The number of rotatable bonds is 5. The van der Waals surface area contributed by atoms with E-state index in [-0.39, 0.29) is 18.9 Å². The van der Waals surface area contributed by atoms with Crippen LogP contribution in [0.15, 0.2) is 28.7 Å². The summed E-state index contributed by atoms with van der Waals surface area (Å²) in [4.78, 5) is 21.9. The fourth-order valence-electron chi connectivity index (χ4n) is 1.08. The molecule has 16 heavy (non-hydrogen) atoms. The SMILES string of the molecule is NC(=O)CCCOC(=O)c1ccc(Br)cc1. The summed E-state index contributed by atoms with van der Waals surface area (Å²) in [5, 5.41) is 0. The molecule has 0 spiro atoms. The molecule has 0 aliphatic carbocycles. The zero-order valence-electron chi connectivity index (χ0n) is 8.61. The number of esters is 1. The minimum atomic E-state index is -0.392. The Labute approximate surface area is 102 Å². The predicted octanol–water partition coefficient (Wildman–Crippen LogP) is 1.87. The number of amides is 1. The van der Waals surface area contributed by atoms with E-state index in [2.05, 4.69) is 15.9 Å². The number of ether oxygens (including phenoxy) is 1. The Morgan fingerprint density at radius 3 is 2.44 bits per heavy atom. The van der Waals surface area contributed by atoms with Crippen LogP contribution in [-0.4, -0.2) is 18.5 Å². The van der Waals surface area contributed by atoms with E-state index in [1.54, 1.807) is 24.3 Å². The fourth-order valence-corrected chi connectivity index (χ4v) is 1.34. The summed E-state index contributed by atoms with van der Waals surface area (Å²) in [5.74, 6) is -0.781. The van der Waals surface area contributed by atoms with Crippen molar-refractivity contribution in [1.82, 2.24) is 0 Å². The summed E-state index contributed by atoms with van der Waals surface area (Å²) in [5.41, 5.74) is 5.44. The first-order chi connectivity index (χ1) is 7.59.